The highest BCUT2D eigenvalue weighted by Crippen LogP contribution is 2.35. The highest BCUT2D eigenvalue weighted by molar-refractivity contribution is 5.38. The van der Waals surface area contributed by atoms with Gasteiger partial charge in [0, 0.05) is 18.2 Å². The van der Waals surface area contributed by atoms with Crippen LogP contribution in [0.25, 0.3) is 0 Å². The van der Waals surface area contributed by atoms with Crippen LogP contribution in [0.4, 0.5) is 0 Å². The molecule has 0 aromatic heterocycles. The van der Waals surface area contributed by atoms with E-state index in [1.807, 2.05) is 6.07 Å². The number of ether oxygens (including phenoxy) is 2. The molecule has 2 aliphatic rings. The lowest BCUT2D eigenvalue weighted by molar-refractivity contribution is 0.0343. The molecule has 4 nitrogen and oxygen atoms in total. The van der Waals surface area contributed by atoms with Gasteiger partial charge in [-0.2, -0.15) is 0 Å². The van der Waals surface area contributed by atoms with Crippen molar-refractivity contribution in [2.75, 3.05) is 26.8 Å². The van der Waals surface area contributed by atoms with Crippen LogP contribution < -0.4 is 10.1 Å². The van der Waals surface area contributed by atoms with Crippen LogP contribution >= 0.6 is 0 Å². The number of likely N-dealkylation sites (N-methyl/N-ethyl adjacent to an activating group) is 2. The first-order valence-electron chi connectivity index (χ1n) is 8.01. The molecular formula is C17H26N2O2. The number of nitrogens with one attached hydrogen (secondary N) is 1. The lowest BCUT2D eigenvalue weighted by Crippen LogP contribution is -2.53. The van der Waals surface area contributed by atoms with Crippen LogP contribution in [0.2, 0.25) is 0 Å². The molecule has 0 spiro atoms. The van der Waals surface area contributed by atoms with Crippen molar-refractivity contribution < 1.29 is 9.47 Å². The van der Waals surface area contributed by atoms with Crippen LogP contribution in [-0.2, 0) is 4.74 Å². The van der Waals surface area contributed by atoms with E-state index in [0.29, 0.717) is 24.2 Å². The fourth-order valence-electron chi connectivity index (χ4n) is 3.67. The molecule has 1 saturated heterocycles. The minimum atomic E-state index is 0.300. The van der Waals surface area contributed by atoms with Crippen LogP contribution in [0.1, 0.15) is 31.9 Å². The van der Waals surface area contributed by atoms with Gasteiger partial charge in [-0.15, -0.1) is 0 Å². The third-order valence-electron chi connectivity index (χ3n) is 4.85. The van der Waals surface area contributed by atoms with E-state index in [9.17, 15) is 0 Å². The Morgan fingerprint density at radius 2 is 2.10 bits per heavy atom. The summed E-state index contributed by atoms with van der Waals surface area (Å²) in [5.74, 6) is 1.02. The summed E-state index contributed by atoms with van der Waals surface area (Å²) in [5, 5.41) is 3.65. The minimum absolute atomic E-state index is 0.300. The summed E-state index contributed by atoms with van der Waals surface area (Å²) in [6.45, 7) is 6.89. The Bertz CT molecular complexity index is 480. The first kappa shape index (κ1) is 14.8. The quantitative estimate of drug-likeness (QED) is 0.922. The third-order valence-corrected chi connectivity index (χ3v) is 4.85. The molecule has 2 heterocycles. The number of hydrogen-bond donors (Lipinski definition) is 1. The maximum Gasteiger partial charge on any atom is 0.124 e. The van der Waals surface area contributed by atoms with Crippen molar-refractivity contribution in [3.05, 3.63) is 29.8 Å². The van der Waals surface area contributed by atoms with Crippen LogP contribution in [0.15, 0.2) is 24.3 Å². The molecular weight excluding hydrogens is 264 g/mol. The highest BCUT2D eigenvalue weighted by Gasteiger charge is 2.38. The third kappa shape index (κ3) is 2.80. The molecule has 2 aliphatic heterocycles. The van der Waals surface area contributed by atoms with Crippen molar-refractivity contribution in [1.82, 2.24) is 10.2 Å². The van der Waals surface area contributed by atoms with E-state index >= 15 is 0 Å². The molecule has 1 fully saturated rings. The number of hydrogen-bond acceptors (Lipinski definition) is 4. The SMILES string of the molecule is CCNC1c2ccccc2OCC1N(C)C1CCOC1C. The first-order chi connectivity index (χ1) is 10.2. The molecule has 3 rings (SSSR count). The maximum absolute atomic E-state index is 6.01. The summed E-state index contributed by atoms with van der Waals surface area (Å²) in [7, 11) is 2.21. The van der Waals surface area contributed by atoms with E-state index in [-0.39, 0.29) is 0 Å². The van der Waals surface area contributed by atoms with Gasteiger partial charge in [-0.3, -0.25) is 4.90 Å². The van der Waals surface area contributed by atoms with E-state index in [1.54, 1.807) is 0 Å². The largest absolute Gasteiger partial charge is 0.492 e. The van der Waals surface area contributed by atoms with Gasteiger partial charge in [0.2, 0.25) is 0 Å². The second-order valence-electron chi connectivity index (χ2n) is 6.05. The summed E-state index contributed by atoms with van der Waals surface area (Å²) in [6, 6.07) is 9.51. The van der Waals surface area contributed by atoms with Gasteiger partial charge in [-0.1, -0.05) is 25.1 Å². The number of nitrogens with zero attached hydrogens (tertiary/aromatic N) is 1. The van der Waals surface area contributed by atoms with Crippen molar-refractivity contribution in [3.8, 4) is 5.75 Å². The van der Waals surface area contributed by atoms with Gasteiger partial charge < -0.3 is 14.8 Å². The Morgan fingerprint density at radius 1 is 1.29 bits per heavy atom. The molecule has 4 unspecified atom stereocenters. The van der Waals surface area contributed by atoms with Gasteiger partial charge in [0.05, 0.1) is 18.2 Å². The molecule has 116 valence electrons. The van der Waals surface area contributed by atoms with Crippen molar-refractivity contribution in [2.24, 2.45) is 0 Å². The van der Waals surface area contributed by atoms with Crippen LogP contribution in [-0.4, -0.2) is 49.9 Å². The fourth-order valence-corrected chi connectivity index (χ4v) is 3.67. The lowest BCUT2D eigenvalue weighted by Gasteiger charge is -2.42. The fraction of sp³-hybridized carbons (Fsp3) is 0.647. The predicted molar refractivity (Wildman–Crippen MR) is 83.7 cm³/mol. The molecule has 0 saturated carbocycles. The monoisotopic (exact) mass is 290 g/mol. The Morgan fingerprint density at radius 3 is 2.81 bits per heavy atom. The van der Waals surface area contributed by atoms with E-state index < -0.39 is 0 Å². The Hall–Kier alpha value is -1.10. The van der Waals surface area contributed by atoms with E-state index in [0.717, 1.165) is 31.9 Å². The number of benzene rings is 1. The Labute approximate surface area is 127 Å². The molecule has 1 N–H and O–H groups in total. The average molecular weight is 290 g/mol. The molecule has 1 aromatic carbocycles. The Kier molecular flexibility index (Phi) is 4.48. The van der Waals surface area contributed by atoms with E-state index in [1.165, 1.54) is 5.56 Å². The van der Waals surface area contributed by atoms with Crippen molar-refractivity contribution >= 4 is 0 Å². The summed E-state index contributed by atoms with van der Waals surface area (Å²) in [4.78, 5) is 2.46. The molecule has 21 heavy (non-hydrogen) atoms. The minimum Gasteiger partial charge on any atom is -0.492 e. The van der Waals surface area contributed by atoms with Gasteiger partial charge in [0.15, 0.2) is 0 Å². The summed E-state index contributed by atoms with van der Waals surface area (Å²) >= 11 is 0. The second kappa shape index (κ2) is 6.34. The van der Waals surface area contributed by atoms with Crippen molar-refractivity contribution in [3.63, 3.8) is 0 Å². The maximum atomic E-state index is 6.01. The van der Waals surface area contributed by atoms with E-state index in [4.69, 9.17) is 9.47 Å². The second-order valence-corrected chi connectivity index (χ2v) is 6.05. The topological polar surface area (TPSA) is 33.7 Å². The van der Waals surface area contributed by atoms with E-state index in [2.05, 4.69) is 49.3 Å². The highest BCUT2D eigenvalue weighted by atomic mass is 16.5. The molecule has 0 aliphatic carbocycles. The molecule has 1 aromatic rings. The predicted octanol–water partition coefficient (Wildman–Crippen LogP) is 2.21. The zero-order valence-corrected chi connectivity index (χ0v) is 13.2. The smallest absolute Gasteiger partial charge is 0.124 e. The van der Waals surface area contributed by atoms with Gasteiger partial charge in [0.25, 0.3) is 0 Å². The zero-order valence-electron chi connectivity index (χ0n) is 13.2. The number of rotatable bonds is 4. The van der Waals surface area contributed by atoms with Crippen LogP contribution in [0.5, 0.6) is 5.75 Å². The molecule has 0 radical (unpaired) electrons. The lowest BCUT2D eigenvalue weighted by atomic mass is 9.93. The average Bonchev–Trinajstić information content (AvgIpc) is 2.93. The molecule has 0 bridgehead atoms. The summed E-state index contributed by atoms with van der Waals surface area (Å²) in [5.41, 5.74) is 1.27. The normalized spacial score (nSPS) is 32.0. The first-order valence-corrected chi connectivity index (χ1v) is 8.01. The van der Waals surface area contributed by atoms with Gasteiger partial charge in [-0.25, -0.2) is 0 Å². The summed E-state index contributed by atoms with van der Waals surface area (Å²) in [6.07, 6.45) is 1.41. The van der Waals surface area contributed by atoms with Crippen LogP contribution in [0.3, 0.4) is 0 Å². The van der Waals surface area contributed by atoms with Crippen LogP contribution in [0, 0.1) is 0 Å². The zero-order chi connectivity index (χ0) is 14.8. The van der Waals surface area contributed by atoms with Crippen molar-refractivity contribution in [2.45, 2.75) is 44.5 Å². The standard InChI is InChI=1S/C17H26N2O2/c1-4-18-17-13-7-5-6-8-16(13)21-11-15(17)19(3)14-9-10-20-12(14)2/h5-8,12,14-15,17-18H,4,9-11H2,1-3H3. The van der Waals surface area contributed by atoms with Gasteiger partial charge in [0.1, 0.15) is 12.4 Å². The number of fused-ring (bicyclic) bond motifs is 1. The molecule has 4 heteroatoms. The summed E-state index contributed by atoms with van der Waals surface area (Å²) < 4.78 is 11.7. The van der Waals surface area contributed by atoms with Gasteiger partial charge in [-0.05, 0) is 33.0 Å². The number of para-hydroxylation sites is 1. The van der Waals surface area contributed by atoms with Crippen molar-refractivity contribution in [1.29, 1.82) is 0 Å². The van der Waals surface area contributed by atoms with Gasteiger partial charge >= 0.3 is 0 Å². The molecule has 0 amide bonds. The molecule has 4 atom stereocenters. The Balaban J connectivity index is 1.84.